The fourth-order valence-electron chi connectivity index (χ4n) is 6.29. The minimum Gasteiger partial charge on any atom is -0.405 e. The van der Waals surface area contributed by atoms with Gasteiger partial charge in [0.15, 0.2) is 5.65 Å². The Balaban J connectivity index is 1.46. The van der Waals surface area contributed by atoms with Gasteiger partial charge in [-0.2, -0.15) is 18.2 Å². The first kappa shape index (κ1) is 37.3. The third kappa shape index (κ3) is 8.01. The summed E-state index contributed by atoms with van der Waals surface area (Å²) in [6.45, 7) is 5.69. The third-order valence-corrected chi connectivity index (χ3v) is 13.9. The van der Waals surface area contributed by atoms with Gasteiger partial charge in [-0.15, -0.1) is 11.8 Å². The fraction of sp³-hybridized carbons (Fsp3) is 0.400. The molecule has 1 saturated heterocycles. The smallest absolute Gasteiger partial charge is 0.405 e. The highest BCUT2D eigenvalue weighted by molar-refractivity contribution is 7.98. The van der Waals surface area contributed by atoms with Crippen LogP contribution in [0.25, 0.3) is 11.0 Å². The summed E-state index contributed by atoms with van der Waals surface area (Å²) >= 11 is 1.54. The molecule has 1 fully saturated rings. The quantitative estimate of drug-likeness (QED) is 0.0859. The van der Waals surface area contributed by atoms with Crippen molar-refractivity contribution in [2.24, 2.45) is 0 Å². The number of hydrogen-bond acceptors (Lipinski definition) is 9. The molecular weight excluding hydrogens is 688 g/mol. The van der Waals surface area contributed by atoms with Gasteiger partial charge >= 0.3 is 6.18 Å². The summed E-state index contributed by atoms with van der Waals surface area (Å²) in [4.78, 5) is 31.1. The van der Waals surface area contributed by atoms with E-state index in [0.717, 1.165) is 10.4 Å². The largest absolute Gasteiger partial charge is 0.451 e. The Kier molecular flexibility index (Phi) is 11.6. The monoisotopic (exact) mass is 727 g/mol. The van der Waals surface area contributed by atoms with E-state index in [9.17, 15) is 22.8 Å². The van der Waals surface area contributed by atoms with Crippen molar-refractivity contribution >= 4 is 53.2 Å². The van der Waals surface area contributed by atoms with Crippen molar-refractivity contribution in [1.82, 2.24) is 19.9 Å². The topological polar surface area (TPSA) is 133 Å². The third-order valence-electron chi connectivity index (χ3n) is 8.51. The van der Waals surface area contributed by atoms with Crippen LogP contribution in [0.2, 0.25) is 5.04 Å². The highest BCUT2D eigenvalue weighted by atomic mass is 32.2. The summed E-state index contributed by atoms with van der Waals surface area (Å²) in [5, 5.41) is 4.51. The first-order chi connectivity index (χ1) is 23.8. The van der Waals surface area contributed by atoms with Crippen molar-refractivity contribution in [2.75, 3.05) is 37.6 Å². The van der Waals surface area contributed by atoms with Crippen LogP contribution in [0, 0.1) is 11.8 Å². The predicted octanol–water partition coefficient (Wildman–Crippen LogP) is 3.95. The average Bonchev–Trinajstić information content (AvgIpc) is 3.64. The predicted molar refractivity (Wildman–Crippen MR) is 191 cm³/mol. The zero-order chi connectivity index (χ0) is 36.1. The van der Waals surface area contributed by atoms with Gasteiger partial charge in [-0.1, -0.05) is 93.3 Å². The summed E-state index contributed by atoms with van der Waals surface area (Å²) in [6.07, 6.45) is -2.47. The number of Topliss-reactive ketones (excluding diaryl/α,β-unsaturated/α-hetero) is 1. The molecule has 3 atom stereocenters. The molecule has 0 amide bonds. The number of aromatic amines is 1. The molecule has 2 aromatic carbocycles. The van der Waals surface area contributed by atoms with Gasteiger partial charge in [0, 0.05) is 12.6 Å². The number of carbonyl (C=O) groups excluding carboxylic acids is 1. The zero-order valence-corrected chi connectivity index (χ0v) is 30.0. The Hall–Kier alpha value is -3.91. The highest BCUT2D eigenvalue weighted by Crippen LogP contribution is 2.39. The molecule has 4 N–H and O–H groups in total. The van der Waals surface area contributed by atoms with Crippen molar-refractivity contribution in [3.8, 4) is 11.8 Å². The van der Waals surface area contributed by atoms with E-state index in [4.69, 9.17) is 19.6 Å². The van der Waals surface area contributed by atoms with Crippen molar-refractivity contribution in [1.29, 1.82) is 0 Å². The van der Waals surface area contributed by atoms with Crippen LogP contribution in [0.4, 0.5) is 19.1 Å². The maximum atomic E-state index is 13.1. The maximum absolute atomic E-state index is 13.1. The lowest BCUT2D eigenvalue weighted by Crippen LogP contribution is -2.67. The van der Waals surface area contributed by atoms with E-state index in [1.165, 1.54) is 11.8 Å². The number of H-pyrrole nitrogens is 1. The van der Waals surface area contributed by atoms with Gasteiger partial charge in [0.2, 0.25) is 11.7 Å². The molecule has 10 nitrogen and oxygen atoms in total. The van der Waals surface area contributed by atoms with E-state index < -0.39 is 44.7 Å². The highest BCUT2D eigenvalue weighted by Gasteiger charge is 2.51. The molecule has 0 bridgehead atoms. The van der Waals surface area contributed by atoms with Crippen LogP contribution in [0.5, 0.6) is 0 Å². The number of alkyl halides is 3. The first-order valence-corrected chi connectivity index (χ1v) is 19.3. The SMILES string of the molecule is CSCOC1CC(n2cc(C#CCNCC(=O)C(F)(F)F)c3c(=O)[nH]c(N)nc32)OC1CO[Si](c1ccccc1)(c1ccccc1)C(C)(C)C. The van der Waals surface area contributed by atoms with Crippen molar-refractivity contribution in [3.05, 3.63) is 82.8 Å². The molecule has 3 unspecified atom stereocenters. The molecule has 15 heteroatoms. The fourth-order valence-corrected chi connectivity index (χ4v) is 11.2. The number of nitrogen functional groups attached to an aromatic ring is 1. The molecule has 0 aliphatic carbocycles. The normalized spacial score (nSPS) is 18.3. The van der Waals surface area contributed by atoms with Crippen LogP contribution in [0.15, 0.2) is 71.7 Å². The number of thioether (sulfide) groups is 1. The van der Waals surface area contributed by atoms with Crippen LogP contribution in [-0.2, 0) is 18.7 Å². The van der Waals surface area contributed by atoms with Crippen molar-refractivity contribution in [2.45, 2.75) is 56.8 Å². The zero-order valence-electron chi connectivity index (χ0n) is 28.2. The van der Waals surface area contributed by atoms with Gasteiger partial charge in [0.05, 0.1) is 42.7 Å². The van der Waals surface area contributed by atoms with Crippen LogP contribution >= 0.6 is 11.8 Å². The Labute approximate surface area is 293 Å². The standard InChI is InChI=1S/C35H40F3N5O5SSi/c1-34(2,3)50(24-13-7-5-8-14-24,25-15-9-6-10-16-25)47-21-27-26(46-22-49-4)18-29(48-27)43-20-23(30-31(43)41-33(39)42-32(30)45)12-11-17-40-19-28(44)35(36,37)38/h5-10,13-16,20,26-27,29,40H,17-19,21-22H2,1-4H3,(H3,39,41,42,45). The van der Waals surface area contributed by atoms with Gasteiger partial charge in [-0.05, 0) is 21.7 Å². The Morgan fingerprint density at radius 2 is 1.78 bits per heavy atom. The van der Waals surface area contributed by atoms with E-state index in [-0.39, 0.29) is 46.8 Å². The number of ketones is 1. The first-order valence-electron chi connectivity index (χ1n) is 16.0. The molecule has 0 saturated carbocycles. The molecule has 5 rings (SSSR count). The van der Waals surface area contributed by atoms with Crippen LogP contribution < -0.4 is 27.0 Å². The molecule has 3 heterocycles. The minimum atomic E-state index is -4.94. The number of ether oxygens (including phenoxy) is 2. The molecule has 266 valence electrons. The summed E-state index contributed by atoms with van der Waals surface area (Å²) in [7, 11) is -2.90. The molecule has 0 spiro atoms. The van der Waals surface area contributed by atoms with Gasteiger partial charge in [0.1, 0.15) is 12.3 Å². The van der Waals surface area contributed by atoms with Gasteiger partial charge in [-0.25, -0.2) is 0 Å². The number of aromatic nitrogens is 3. The van der Waals surface area contributed by atoms with E-state index in [1.54, 1.807) is 10.8 Å². The summed E-state index contributed by atoms with van der Waals surface area (Å²) < 4.78 is 59.5. The Bertz CT molecular complexity index is 1870. The van der Waals surface area contributed by atoms with Gasteiger partial charge < -0.3 is 24.2 Å². The number of hydrogen-bond donors (Lipinski definition) is 3. The molecule has 50 heavy (non-hydrogen) atoms. The lowest BCUT2D eigenvalue weighted by atomic mass is 10.2. The van der Waals surface area contributed by atoms with Gasteiger partial charge in [-0.3, -0.25) is 19.9 Å². The van der Waals surface area contributed by atoms with Crippen molar-refractivity contribution in [3.63, 3.8) is 0 Å². The average molecular weight is 728 g/mol. The second-order valence-corrected chi connectivity index (χ2v) is 18.0. The van der Waals surface area contributed by atoms with Crippen LogP contribution in [0.3, 0.4) is 0 Å². The lowest BCUT2D eigenvalue weighted by Gasteiger charge is -2.43. The second-order valence-electron chi connectivity index (χ2n) is 12.9. The number of halogens is 3. The van der Waals surface area contributed by atoms with E-state index in [2.05, 4.69) is 72.2 Å². The number of fused-ring (bicyclic) bond motifs is 1. The van der Waals surface area contributed by atoms with E-state index in [1.807, 2.05) is 42.7 Å². The molecule has 1 aliphatic rings. The summed E-state index contributed by atoms with van der Waals surface area (Å²) in [5.41, 5.74) is 5.91. The second kappa shape index (κ2) is 15.5. The number of rotatable bonds is 12. The minimum absolute atomic E-state index is 0.103. The van der Waals surface area contributed by atoms with E-state index >= 15 is 0 Å². The van der Waals surface area contributed by atoms with E-state index in [0.29, 0.717) is 12.4 Å². The summed E-state index contributed by atoms with van der Waals surface area (Å²) in [5.74, 6) is 3.92. The maximum Gasteiger partial charge on any atom is 0.451 e. The van der Waals surface area contributed by atoms with Crippen LogP contribution in [0.1, 0.15) is 39.0 Å². The lowest BCUT2D eigenvalue weighted by molar-refractivity contribution is -0.169. The summed E-state index contributed by atoms with van der Waals surface area (Å²) in [6, 6.07) is 20.6. The number of benzene rings is 2. The number of anilines is 1. The molecule has 0 radical (unpaired) electrons. The number of carbonyl (C=O) groups is 1. The Morgan fingerprint density at radius 3 is 2.36 bits per heavy atom. The molecule has 2 aromatic heterocycles. The van der Waals surface area contributed by atoms with Gasteiger partial charge in [0.25, 0.3) is 13.9 Å². The number of nitrogens with zero attached hydrogens (tertiary/aromatic N) is 2. The molecule has 4 aromatic rings. The number of nitrogens with one attached hydrogen (secondary N) is 2. The molecular formula is C35H40F3N5O5SSi. The Morgan fingerprint density at radius 1 is 1.14 bits per heavy atom. The number of nitrogens with two attached hydrogens (primary N) is 1. The van der Waals surface area contributed by atoms with Crippen LogP contribution in [-0.4, -0.2) is 78.9 Å². The molecule has 1 aliphatic heterocycles. The van der Waals surface area contributed by atoms with Crippen molar-refractivity contribution < 1.29 is 31.9 Å².